The lowest BCUT2D eigenvalue weighted by atomic mass is 9.76. The van der Waals surface area contributed by atoms with Crippen LogP contribution in [-0.2, 0) is 17.3 Å². The first-order valence-corrected chi connectivity index (χ1v) is 23.9. The summed E-state index contributed by atoms with van der Waals surface area (Å²) >= 11 is 0. The van der Waals surface area contributed by atoms with Gasteiger partial charge in [-0.3, -0.25) is 0 Å². The van der Waals surface area contributed by atoms with E-state index < -0.39 is 0 Å². The first kappa shape index (κ1) is 45.1. The topological polar surface area (TPSA) is 0 Å². The number of hydrogen-bond donors (Lipinski definition) is 0. The fourth-order valence-corrected chi connectivity index (χ4v) is 10.1. The Morgan fingerprint density at radius 3 is 2.09 bits per heavy atom. The van der Waals surface area contributed by atoms with Gasteiger partial charge in [0.05, 0.1) is 0 Å². The van der Waals surface area contributed by atoms with Gasteiger partial charge < -0.3 is 0 Å². The van der Waals surface area contributed by atoms with Gasteiger partial charge in [-0.2, -0.15) is 0 Å². The quantitative estimate of drug-likeness (QED) is 0.123. The molecule has 0 bridgehead atoms. The second-order valence-electron chi connectivity index (χ2n) is 18.9. The molecule has 0 heterocycles. The third-order valence-corrected chi connectivity index (χ3v) is 13.9. The molecule has 0 saturated heterocycles. The molecule has 65 heavy (non-hydrogen) atoms. The summed E-state index contributed by atoms with van der Waals surface area (Å²) in [6, 6.07) is 46.4. The van der Waals surface area contributed by atoms with Crippen LogP contribution in [0.5, 0.6) is 0 Å². The summed E-state index contributed by atoms with van der Waals surface area (Å²) in [7, 11) is 0. The maximum atomic E-state index is 3.90. The fraction of sp³-hybridized carbons (Fsp3) is 0.231. The Hall–Kier alpha value is -6.50. The van der Waals surface area contributed by atoms with Crippen molar-refractivity contribution in [1.29, 1.82) is 0 Å². The van der Waals surface area contributed by atoms with Crippen LogP contribution in [-0.4, -0.2) is 0 Å². The number of rotatable bonds is 10. The molecule has 10 rings (SSSR count). The highest BCUT2D eigenvalue weighted by molar-refractivity contribution is 5.86. The van der Waals surface area contributed by atoms with Crippen LogP contribution in [0.25, 0.3) is 22.8 Å². The smallest absolute Gasteiger partial charge is 0.0204 e. The average Bonchev–Trinajstić information content (AvgIpc) is 4.13. The summed E-state index contributed by atoms with van der Waals surface area (Å²) in [6.45, 7) is 15.3. The van der Waals surface area contributed by atoms with Gasteiger partial charge in [0.1, 0.15) is 0 Å². The molecule has 5 aliphatic carbocycles. The van der Waals surface area contributed by atoms with Crippen molar-refractivity contribution in [3.05, 3.63) is 274 Å². The zero-order chi connectivity index (χ0) is 45.2. The van der Waals surface area contributed by atoms with E-state index in [1.54, 1.807) is 5.57 Å². The van der Waals surface area contributed by atoms with Gasteiger partial charge in [0.2, 0.25) is 0 Å². The van der Waals surface area contributed by atoms with Gasteiger partial charge in [0, 0.05) is 10.8 Å². The second-order valence-corrected chi connectivity index (χ2v) is 18.9. The van der Waals surface area contributed by atoms with Crippen molar-refractivity contribution in [1.82, 2.24) is 0 Å². The van der Waals surface area contributed by atoms with E-state index in [0.29, 0.717) is 5.41 Å². The Labute approximate surface area is 391 Å². The van der Waals surface area contributed by atoms with Crippen LogP contribution in [0.3, 0.4) is 0 Å². The van der Waals surface area contributed by atoms with Crippen molar-refractivity contribution < 1.29 is 0 Å². The van der Waals surface area contributed by atoms with Gasteiger partial charge >= 0.3 is 0 Å². The monoisotopic (exact) mass is 847 g/mol. The highest BCUT2D eigenvalue weighted by atomic mass is 14.5. The van der Waals surface area contributed by atoms with Gasteiger partial charge in [0.25, 0.3) is 0 Å². The van der Waals surface area contributed by atoms with Crippen molar-refractivity contribution in [2.75, 3.05) is 0 Å². The normalized spacial score (nSPS) is 19.7. The molecular weight excluding hydrogens is 781 g/mol. The number of fused-ring (bicyclic) bond motifs is 2. The van der Waals surface area contributed by atoms with E-state index >= 15 is 0 Å². The lowest BCUT2D eigenvalue weighted by Gasteiger charge is -2.27. The van der Waals surface area contributed by atoms with Crippen LogP contribution in [0.15, 0.2) is 224 Å². The average molecular weight is 847 g/mol. The van der Waals surface area contributed by atoms with Crippen LogP contribution in [0.4, 0.5) is 0 Å². The molecule has 0 aliphatic heterocycles. The Bertz CT molecular complexity index is 2750. The molecule has 5 aromatic rings. The largest absolute Gasteiger partial charge is 0.0985 e. The van der Waals surface area contributed by atoms with Gasteiger partial charge in [-0.25, -0.2) is 0 Å². The van der Waals surface area contributed by atoms with E-state index in [-0.39, 0.29) is 5.41 Å². The molecule has 0 amide bonds. The first-order chi connectivity index (χ1) is 31.7. The maximum absolute atomic E-state index is 3.90. The zero-order valence-electron chi connectivity index (χ0n) is 39.4. The minimum atomic E-state index is -0.0176. The Kier molecular flexibility index (Phi) is 14.3. The molecule has 326 valence electrons. The number of unbranched alkanes of at least 4 members (excludes halogenated alkanes) is 1. The predicted molar refractivity (Wildman–Crippen MR) is 283 cm³/mol. The summed E-state index contributed by atoms with van der Waals surface area (Å²) in [4.78, 5) is 0. The molecule has 0 heteroatoms. The minimum Gasteiger partial charge on any atom is -0.0985 e. The lowest BCUT2D eigenvalue weighted by molar-refractivity contribution is 0.646. The second kappa shape index (κ2) is 20.6. The van der Waals surface area contributed by atoms with Crippen LogP contribution < -0.4 is 0 Å². The summed E-state index contributed by atoms with van der Waals surface area (Å²) in [5, 5.41) is 0. The molecule has 0 spiro atoms. The summed E-state index contributed by atoms with van der Waals surface area (Å²) in [5.74, 6) is 0.759. The molecule has 0 N–H and O–H groups in total. The van der Waals surface area contributed by atoms with E-state index in [1.165, 1.54) is 91.6 Å². The van der Waals surface area contributed by atoms with E-state index in [1.807, 2.05) is 6.08 Å². The SMILES string of the molecule is C=Cc1ccc(C2=CC(C)=C(C3=C(CCCCc4ccccc4)c4ccccc4C3(C)C)C=CC2)cc1.Cc1ccc(C23C=CC=CC2C3)cc1.Cc1ccc(C2=CC=CCC=C2)cc1. The molecule has 5 aromatic carbocycles. The number of hydrogen-bond acceptors (Lipinski definition) is 0. The molecule has 0 aromatic heterocycles. The van der Waals surface area contributed by atoms with Crippen molar-refractivity contribution >= 4 is 22.8 Å². The van der Waals surface area contributed by atoms with E-state index in [0.717, 1.165) is 37.2 Å². The molecular formula is C65H66. The minimum absolute atomic E-state index is 0.0176. The van der Waals surface area contributed by atoms with Gasteiger partial charge in [-0.15, -0.1) is 0 Å². The van der Waals surface area contributed by atoms with Gasteiger partial charge in [0.15, 0.2) is 0 Å². The highest BCUT2D eigenvalue weighted by Crippen LogP contribution is 2.57. The van der Waals surface area contributed by atoms with Crippen LogP contribution in [0, 0.1) is 19.8 Å². The molecule has 0 radical (unpaired) electrons. The Balaban J connectivity index is 0.000000166. The van der Waals surface area contributed by atoms with Crippen LogP contribution in [0.2, 0.25) is 0 Å². The number of aryl methyl sites for hydroxylation is 3. The fourth-order valence-electron chi connectivity index (χ4n) is 10.1. The van der Waals surface area contributed by atoms with Crippen molar-refractivity contribution in [2.24, 2.45) is 5.92 Å². The molecule has 1 saturated carbocycles. The first-order valence-electron chi connectivity index (χ1n) is 23.9. The molecule has 1 fully saturated rings. The summed E-state index contributed by atoms with van der Waals surface area (Å²) in [6.07, 6.45) is 36.9. The third-order valence-electron chi connectivity index (χ3n) is 13.9. The highest BCUT2D eigenvalue weighted by Gasteiger charge is 2.52. The number of benzene rings is 5. The molecule has 0 nitrogen and oxygen atoms in total. The van der Waals surface area contributed by atoms with Crippen molar-refractivity contribution in [2.45, 2.75) is 90.4 Å². The van der Waals surface area contributed by atoms with Crippen LogP contribution >= 0.6 is 0 Å². The van der Waals surface area contributed by atoms with Crippen molar-refractivity contribution in [3.8, 4) is 0 Å². The summed E-state index contributed by atoms with van der Waals surface area (Å²) < 4.78 is 0. The van der Waals surface area contributed by atoms with Crippen LogP contribution in [0.1, 0.15) is 109 Å². The molecule has 2 atom stereocenters. The van der Waals surface area contributed by atoms with Crippen molar-refractivity contribution in [3.63, 3.8) is 0 Å². The molecule has 5 aliphatic rings. The van der Waals surface area contributed by atoms with Gasteiger partial charge in [-0.05, 0) is 144 Å². The third kappa shape index (κ3) is 10.6. The van der Waals surface area contributed by atoms with Gasteiger partial charge in [-0.1, -0.05) is 238 Å². The predicted octanol–water partition coefficient (Wildman–Crippen LogP) is 17.4. The van der Waals surface area contributed by atoms with E-state index in [2.05, 4.69) is 242 Å². The van der Waals surface area contributed by atoms with E-state index in [9.17, 15) is 0 Å². The van der Waals surface area contributed by atoms with E-state index in [4.69, 9.17) is 0 Å². The standard InChI is InChI=1S/C37H38.2C14H14/c1-5-28-22-24-30(25-23-28)31-17-13-20-32(27(2)26-31)36-34(19-10-9-16-29-14-7-6-8-15-29)33-18-11-12-21-35(33)37(36,3)4;1-11-5-7-12(8-6-11)14-9-3-2-4-13(14)10-14;1-12-8-10-14(11-9-12)13-6-4-2-3-5-7-13/h5-8,11-15,18,20-26H,1,9-10,16-17,19H2,2-4H3;2-9,13H,10H2,1H3;2,4-11H,3H2,1H3. The Morgan fingerprint density at radius 2 is 1.35 bits per heavy atom. The maximum Gasteiger partial charge on any atom is 0.0204 e. The number of allylic oxidation sites excluding steroid dienone is 18. The zero-order valence-corrected chi connectivity index (χ0v) is 39.4. The summed E-state index contributed by atoms with van der Waals surface area (Å²) in [5.41, 5.74) is 21.0. The molecule has 2 unspecified atom stereocenters. The lowest BCUT2D eigenvalue weighted by Crippen LogP contribution is -2.18. The Morgan fingerprint density at radius 1 is 0.662 bits per heavy atom.